The van der Waals surface area contributed by atoms with Gasteiger partial charge in [0.15, 0.2) is 0 Å². The average Bonchev–Trinajstić information content (AvgIpc) is 3.03. The summed E-state index contributed by atoms with van der Waals surface area (Å²) in [6.45, 7) is 6.54. The molecular formula is C17H21N5O. The van der Waals surface area contributed by atoms with Crippen molar-refractivity contribution in [1.29, 1.82) is 0 Å². The van der Waals surface area contributed by atoms with E-state index in [0.29, 0.717) is 0 Å². The van der Waals surface area contributed by atoms with Crippen molar-refractivity contribution in [3.8, 4) is 5.75 Å². The third-order valence-corrected chi connectivity index (χ3v) is 4.31. The van der Waals surface area contributed by atoms with Crippen LogP contribution in [0.15, 0.2) is 36.0 Å². The highest BCUT2D eigenvalue weighted by Gasteiger charge is 2.29. The van der Waals surface area contributed by atoms with Crippen molar-refractivity contribution in [2.24, 2.45) is 5.10 Å². The number of allylic oxidation sites excluding steroid dienone is 1. The fourth-order valence-electron chi connectivity index (χ4n) is 2.86. The second-order valence-electron chi connectivity index (χ2n) is 6.24. The van der Waals surface area contributed by atoms with E-state index in [0.717, 1.165) is 17.0 Å². The standard InChI is InChI=1S/C17H21N5O/c1-12-8-17(2,3)21(4)15-7-16(23-5)13(6-14(12)15)9-20-22-10-18-19-11-22/h6-11H,1-5H3/b20-9-. The Morgan fingerprint density at radius 2 is 1.91 bits per heavy atom. The minimum atomic E-state index is -0.0276. The summed E-state index contributed by atoms with van der Waals surface area (Å²) in [4.78, 5) is 2.26. The summed E-state index contributed by atoms with van der Waals surface area (Å²) >= 11 is 0. The van der Waals surface area contributed by atoms with Crippen molar-refractivity contribution < 1.29 is 4.74 Å². The lowest BCUT2D eigenvalue weighted by Crippen LogP contribution is -2.42. The first-order chi connectivity index (χ1) is 10.9. The minimum Gasteiger partial charge on any atom is -0.496 e. The van der Waals surface area contributed by atoms with E-state index < -0.39 is 0 Å². The molecule has 0 radical (unpaired) electrons. The number of nitrogens with zero attached hydrogens (tertiary/aromatic N) is 5. The lowest BCUT2D eigenvalue weighted by molar-refractivity contribution is 0.413. The number of ether oxygens (including phenoxy) is 1. The van der Waals surface area contributed by atoms with E-state index in [1.54, 1.807) is 30.7 Å². The topological polar surface area (TPSA) is 55.5 Å². The third-order valence-electron chi connectivity index (χ3n) is 4.31. The molecule has 0 N–H and O–H groups in total. The summed E-state index contributed by atoms with van der Waals surface area (Å²) in [5, 5.41) is 11.8. The van der Waals surface area contributed by atoms with Gasteiger partial charge in [0.1, 0.15) is 18.4 Å². The molecule has 0 fully saturated rings. The van der Waals surface area contributed by atoms with Crippen LogP contribution in [0.5, 0.6) is 5.75 Å². The molecule has 2 aromatic rings. The van der Waals surface area contributed by atoms with Gasteiger partial charge in [0.2, 0.25) is 0 Å². The molecule has 1 aromatic carbocycles. The molecule has 6 heteroatoms. The number of methoxy groups -OCH3 is 1. The van der Waals surface area contributed by atoms with Gasteiger partial charge in [0, 0.05) is 29.9 Å². The van der Waals surface area contributed by atoms with Crippen LogP contribution in [0.4, 0.5) is 5.69 Å². The zero-order chi connectivity index (χ0) is 16.6. The van der Waals surface area contributed by atoms with Crippen molar-refractivity contribution >= 4 is 17.5 Å². The first-order valence-corrected chi connectivity index (χ1v) is 7.47. The van der Waals surface area contributed by atoms with Crippen LogP contribution >= 0.6 is 0 Å². The van der Waals surface area contributed by atoms with E-state index in [2.05, 4.69) is 66.2 Å². The van der Waals surface area contributed by atoms with Crippen molar-refractivity contribution in [2.75, 3.05) is 19.1 Å². The summed E-state index contributed by atoms with van der Waals surface area (Å²) in [6.07, 6.45) is 7.13. The van der Waals surface area contributed by atoms with Crippen molar-refractivity contribution in [2.45, 2.75) is 26.3 Å². The van der Waals surface area contributed by atoms with Crippen molar-refractivity contribution in [3.63, 3.8) is 0 Å². The molecule has 2 heterocycles. The molecule has 1 aliphatic rings. The largest absolute Gasteiger partial charge is 0.496 e. The number of aromatic nitrogens is 3. The van der Waals surface area contributed by atoms with E-state index in [1.807, 2.05) is 0 Å². The number of likely N-dealkylation sites (N-methyl/N-ethyl adjacent to an activating group) is 1. The van der Waals surface area contributed by atoms with E-state index in [1.165, 1.54) is 11.1 Å². The summed E-state index contributed by atoms with van der Waals surface area (Å²) in [5.41, 5.74) is 4.50. The van der Waals surface area contributed by atoms with Gasteiger partial charge < -0.3 is 9.64 Å². The van der Waals surface area contributed by atoms with Crippen molar-refractivity contribution in [3.05, 3.63) is 42.0 Å². The molecule has 1 aromatic heterocycles. The molecule has 120 valence electrons. The number of fused-ring (bicyclic) bond motifs is 1. The molecule has 0 amide bonds. The van der Waals surface area contributed by atoms with E-state index in [-0.39, 0.29) is 5.54 Å². The van der Waals surface area contributed by atoms with Crippen LogP contribution in [0, 0.1) is 0 Å². The van der Waals surface area contributed by atoms with Crippen LogP contribution in [0.1, 0.15) is 31.9 Å². The summed E-state index contributed by atoms with van der Waals surface area (Å²) in [7, 11) is 3.78. The van der Waals surface area contributed by atoms with Gasteiger partial charge in [-0.1, -0.05) is 6.08 Å². The highest BCUT2D eigenvalue weighted by molar-refractivity contribution is 5.90. The maximum atomic E-state index is 5.56. The zero-order valence-electron chi connectivity index (χ0n) is 14.1. The SMILES string of the molecule is COc1cc2c(cc1/C=N\n1cnnc1)C(C)=CC(C)(C)N2C. The molecular weight excluding hydrogens is 290 g/mol. The molecule has 6 nitrogen and oxygen atoms in total. The van der Waals surface area contributed by atoms with Gasteiger partial charge in [0.05, 0.1) is 18.9 Å². The monoisotopic (exact) mass is 311 g/mol. The predicted molar refractivity (Wildman–Crippen MR) is 92.1 cm³/mol. The highest BCUT2D eigenvalue weighted by atomic mass is 16.5. The fourth-order valence-corrected chi connectivity index (χ4v) is 2.86. The quantitative estimate of drug-likeness (QED) is 0.818. The van der Waals surface area contributed by atoms with Gasteiger partial charge in [-0.15, -0.1) is 10.2 Å². The van der Waals surface area contributed by atoms with Crippen LogP contribution in [0.25, 0.3) is 5.57 Å². The Morgan fingerprint density at radius 3 is 2.57 bits per heavy atom. The molecule has 0 saturated heterocycles. The highest BCUT2D eigenvalue weighted by Crippen LogP contribution is 2.40. The Bertz CT molecular complexity index is 775. The van der Waals surface area contributed by atoms with Crippen LogP contribution in [-0.4, -0.2) is 40.8 Å². The van der Waals surface area contributed by atoms with Gasteiger partial charge in [-0.3, -0.25) is 0 Å². The number of anilines is 1. The van der Waals surface area contributed by atoms with Crippen LogP contribution in [0.3, 0.4) is 0 Å². The van der Waals surface area contributed by atoms with Crippen LogP contribution in [-0.2, 0) is 0 Å². The van der Waals surface area contributed by atoms with E-state index >= 15 is 0 Å². The normalized spacial score (nSPS) is 16.4. The van der Waals surface area contributed by atoms with Gasteiger partial charge in [0.25, 0.3) is 0 Å². The smallest absolute Gasteiger partial charge is 0.141 e. The molecule has 0 spiro atoms. The molecule has 0 unspecified atom stereocenters. The molecule has 0 aliphatic carbocycles. The lowest BCUT2D eigenvalue weighted by Gasteiger charge is -2.40. The third kappa shape index (κ3) is 2.72. The van der Waals surface area contributed by atoms with E-state index in [4.69, 9.17) is 4.74 Å². The van der Waals surface area contributed by atoms with Crippen LogP contribution in [0.2, 0.25) is 0 Å². The maximum absolute atomic E-state index is 5.56. The number of hydrogen-bond donors (Lipinski definition) is 0. The zero-order valence-corrected chi connectivity index (χ0v) is 14.1. The summed E-state index contributed by atoms with van der Waals surface area (Å²) in [5.74, 6) is 0.790. The molecule has 23 heavy (non-hydrogen) atoms. The number of rotatable bonds is 3. The second kappa shape index (κ2) is 5.53. The Kier molecular flexibility index (Phi) is 3.67. The number of benzene rings is 1. The summed E-state index contributed by atoms with van der Waals surface area (Å²) < 4.78 is 7.11. The summed E-state index contributed by atoms with van der Waals surface area (Å²) in [6, 6.07) is 4.18. The maximum Gasteiger partial charge on any atom is 0.141 e. The first-order valence-electron chi connectivity index (χ1n) is 7.47. The Morgan fingerprint density at radius 1 is 1.22 bits per heavy atom. The Labute approximate surface area is 136 Å². The van der Waals surface area contributed by atoms with Gasteiger partial charge >= 0.3 is 0 Å². The van der Waals surface area contributed by atoms with Gasteiger partial charge in [-0.25, -0.2) is 4.68 Å². The second-order valence-corrected chi connectivity index (χ2v) is 6.24. The Balaban J connectivity index is 2.08. The van der Waals surface area contributed by atoms with Gasteiger partial charge in [-0.2, -0.15) is 5.10 Å². The van der Waals surface area contributed by atoms with Crippen molar-refractivity contribution in [1.82, 2.24) is 14.9 Å². The average molecular weight is 311 g/mol. The fraction of sp³-hybridized carbons (Fsp3) is 0.353. The molecule has 0 bridgehead atoms. The number of hydrogen-bond acceptors (Lipinski definition) is 5. The first kappa shape index (κ1) is 15.3. The predicted octanol–water partition coefficient (Wildman–Crippen LogP) is 2.80. The molecule has 0 atom stereocenters. The van der Waals surface area contributed by atoms with E-state index in [9.17, 15) is 0 Å². The minimum absolute atomic E-state index is 0.0276. The van der Waals surface area contributed by atoms with Crippen LogP contribution < -0.4 is 9.64 Å². The molecule has 0 saturated carbocycles. The molecule has 1 aliphatic heterocycles. The molecule has 3 rings (SSSR count). The lowest BCUT2D eigenvalue weighted by atomic mass is 9.88. The Hall–Kier alpha value is -2.63. The van der Waals surface area contributed by atoms with Gasteiger partial charge in [-0.05, 0) is 32.4 Å².